The van der Waals surface area contributed by atoms with Crippen LogP contribution in [0.2, 0.25) is 0 Å². The molecule has 2 unspecified atom stereocenters. The summed E-state index contributed by atoms with van der Waals surface area (Å²) in [6.07, 6.45) is 1.91. The first kappa shape index (κ1) is 12.5. The van der Waals surface area contributed by atoms with Crippen molar-refractivity contribution in [2.75, 3.05) is 12.4 Å². The summed E-state index contributed by atoms with van der Waals surface area (Å²) in [5, 5.41) is 3.47. The predicted octanol–water partition coefficient (Wildman–Crippen LogP) is 3.69. The van der Waals surface area contributed by atoms with Crippen molar-refractivity contribution < 1.29 is 13.9 Å². The molecule has 1 heterocycles. The van der Waals surface area contributed by atoms with Gasteiger partial charge in [0.25, 0.3) is 0 Å². The molecule has 21 heavy (non-hydrogen) atoms. The predicted molar refractivity (Wildman–Crippen MR) is 78.5 cm³/mol. The van der Waals surface area contributed by atoms with Crippen molar-refractivity contribution in [3.8, 4) is 11.5 Å². The molecule has 0 saturated heterocycles. The van der Waals surface area contributed by atoms with E-state index in [0.29, 0.717) is 5.75 Å². The highest BCUT2D eigenvalue weighted by molar-refractivity contribution is 5.60. The molecular formula is C17H16FNO2. The first-order chi connectivity index (χ1) is 10.2. The van der Waals surface area contributed by atoms with Crippen molar-refractivity contribution in [1.29, 1.82) is 0 Å². The second-order valence-electron chi connectivity index (χ2n) is 5.53. The highest BCUT2D eigenvalue weighted by Gasteiger charge is 2.35. The Morgan fingerprint density at radius 1 is 1.24 bits per heavy atom. The minimum absolute atomic E-state index is 0.0989. The van der Waals surface area contributed by atoms with Crippen molar-refractivity contribution in [3.63, 3.8) is 0 Å². The molecule has 0 fully saturated rings. The number of hydrogen-bond acceptors (Lipinski definition) is 3. The van der Waals surface area contributed by atoms with Crippen LogP contribution in [0.25, 0.3) is 0 Å². The summed E-state index contributed by atoms with van der Waals surface area (Å²) < 4.78 is 24.8. The maximum atomic E-state index is 13.4. The molecule has 1 N–H and O–H groups in total. The van der Waals surface area contributed by atoms with E-state index in [0.717, 1.165) is 29.8 Å². The maximum absolute atomic E-state index is 13.4. The Kier molecular flexibility index (Phi) is 2.77. The van der Waals surface area contributed by atoms with Crippen molar-refractivity contribution in [3.05, 3.63) is 53.3 Å². The SMILES string of the molecule is COc1ccc2c(c1)C1Oc3cc(F)ccc3NC1CC2. The van der Waals surface area contributed by atoms with Gasteiger partial charge >= 0.3 is 0 Å². The number of hydrogen-bond donors (Lipinski definition) is 1. The first-order valence-electron chi connectivity index (χ1n) is 7.14. The number of nitrogens with one attached hydrogen (secondary N) is 1. The van der Waals surface area contributed by atoms with Crippen LogP contribution in [0, 0.1) is 5.82 Å². The number of rotatable bonds is 1. The van der Waals surface area contributed by atoms with Gasteiger partial charge in [-0.3, -0.25) is 0 Å². The van der Waals surface area contributed by atoms with Gasteiger partial charge in [0.15, 0.2) is 0 Å². The average molecular weight is 285 g/mol. The Morgan fingerprint density at radius 2 is 2.14 bits per heavy atom. The Morgan fingerprint density at radius 3 is 3.00 bits per heavy atom. The summed E-state index contributed by atoms with van der Waals surface area (Å²) in [5.74, 6) is 1.12. The van der Waals surface area contributed by atoms with Crippen LogP contribution in [-0.4, -0.2) is 13.2 Å². The second-order valence-corrected chi connectivity index (χ2v) is 5.53. The van der Waals surface area contributed by atoms with Crippen molar-refractivity contribution >= 4 is 5.69 Å². The molecule has 108 valence electrons. The lowest BCUT2D eigenvalue weighted by Gasteiger charge is -2.39. The zero-order valence-electron chi connectivity index (χ0n) is 11.7. The smallest absolute Gasteiger partial charge is 0.146 e. The quantitative estimate of drug-likeness (QED) is 0.866. The van der Waals surface area contributed by atoms with E-state index >= 15 is 0 Å². The lowest BCUT2D eigenvalue weighted by Crippen LogP contribution is -2.38. The van der Waals surface area contributed by atoms with Gasteiger partial charge in [-0.05, 0) is 42.7 Å². The monoisotopic (exact) mass is 285 g/mol. The minimum atomic E-state index is -0.282. The van der Waals surface area contributed by atoms with Gasteiger partial charge in [-0.1, -0.05) is 6.07 Å². The third kappa shape index (κ3) is 2.02. The second kappa shape index (κ2) is 4.65. The fourth-order valence-corrected chi connectivity index (χ4v) is 3.21. The van der Waals surface area contributed by atoms with Gasteiger partial charge in [-0.2, -0.15) is 0 Å². The van der Waals surface area contributed by atoms with Crippen LogP contribution in [0.4, 0.5) is 10.1 Å². The van der Waals surface area contributed by atoms with Crippen molar-refractivity contribution in [2.24, 2.45) is 0 Å². The average Bonchev–Trinajstić information content (AvgIpc) is 2.52. The highest BCUT2D eigenvalue weighted by atomic mass is 19.1. The molecule has 1 aliphatic heterocycles. The summed E-state index contributed by atoms with van der Waals surface area (Å²) >= 11 is 0. The van der Waals surface area contributed by atoms with E-state index in [9.17, 15) is 4.39 Å². The molecule has 2 aromatic carbocycles. The minimum Gasteiger partial charge on any atom is -0.497 e. The number of ether oxygens (including phenoxy) is 2. The maximum Gasteiger partial charge on any atom is 0.146 e. The fraction of sp³-hybridized carbons (Fsp3) is 0.294. The Labute approximate surface area is 122 Å². The summed E-state index contributed by atoms with van der Waals surface area (Å²) in [6, 6.07) is 10.9. The largest absolute Gasteiger partial charge is 0.497 e. The van der Waals surface area contributed by atoms with Gasteiger partial charge in [0.05, 0.1) is 18.8 Å². The first-order valence-corrected chi connectivity index (χ1v) is 7.14. The summed E-state index contributed by atoms with van der Waals surface area (Å²) in [7, 11) is 1.66. The number of methoxy groups -OCH3 is 1. The molecule has 0 aromatic heterocycles. The van der Waals surface area contributed by atoms with Crippen LogP contribution >= 0.6 is 0 Å². The van der Waals surface area contributed by atoms with Crippen LogP contribution in [0.1, 0.15) is 23.7 Å². The highest BCUT2D eigenvalue weighted by Crippen LogP contribution is 2.43. The lowest BCUT2D eigenvalue weighted by molar-refractivity contribution is 0.157. The van der Waals surface area contributed by atoms with Gasteiger partial charge in [0, 0.05) is 11.6 Å². The molecule has 0 bridgehead atoms. The molecule has 3 nitrogen and oxygen atoms in total. The van der Waals surface area contributed by atoms with Gasteiger partial charge in [0.1, 0.15) is 23.4 Å². The van der Waals surface area contributed by atoms with E-state index in [2.05, 4.69) is 11.4 Å². The van der Waals surface area contributed by atoms with Gasteiger partial charge in [-0.15, -0.1) is 0 Å². The zero-order valence-corrected chi connectivity index (χ0v) is 11.7. The Bertz CT molecular complexity index is 701. The van der Waals surface area contributed by atoms with E-state index in [4.69, 9.17) is 9.47 Å². The summed E-state index contributed by atoms with van der Waals surface area (Å²) in [6.45, 7) is 0. The number of fused-ring (bicyclic) bond motifs is 4. The molecule has 0 amide bonds. The van der Waals surface area contributed by atoms with E-state index < -0.39 is 0 Å². The molecule has 2 aliphatic rings. The van der Waals surface area contributed by atoms with Gasteiger partial charge in [0.2, 0.25) is 0 Å². The lowest BCUT2D eigenvalue weighted by atomic mass is 9.84. The van der Waals surface area contributed by atoms with Crippen LogP contribution in [0.3, 0.4) is 0 Å². The molecule has 0 radical (unpaired) electrons. The third-order valence-electron chi connectivity index (χ3n) is 4.29. The molecular weight excluding hydrogens is 269 g/mol. The molecule has 0 saturated carbocycles. The standard InChI is InChI=1S/C17H16FNO2/c1-20-12-5-2-10-3-6-15-17(13(10)9-12)21-16-8-11(18)4-7-14(16)19-15/h2,4-5,7-9,15,17,19H,3,6H2,1H3. The normalized spacial score (nSPS) is 22.2. The van der Waals surface area contributed by atoms with E-state index in [1.165, 1.54) is 17.7 Å². The number of aryl methyl sites for hydroxylation is 1. The fourth-order valence-electron chi connectivity index (χ4n) is 3.21. The Balaban J connectivity index is 1.76. The molecule has 4 rings (SSSR count). The van der Waals surface area contributed by atoms with Crippen LogP contribution in [0.15, 0.2) is 36.4 Å². The number of anilines is 1. The molecule has 2 aromatic rings. The van der Waals surface area contributed by atoms with Crippen LogP contribution in [0.5, 0.6) is 11.5 Å². The van der Waals surface area contributed by atoms with E-state index in [-0.39, 0.29) is 18.0 Å². The van der Waals surface area contributed by atoms with Gasteiger partial charge < -0.3 is 14.8 Å². The third-order valence-corrected chi connectivity index (χ3v) is 4.29. The van der Waals surface area contributed by atoms with Crippen molar-refractivity contribution in [1.82, 2.24) is 0 Å². The number of halogens is 1. The van der Waals surface area contributed by atoms with E-state index in [1.54, 1.807) is 13.2 Å². The van der Waals surface area contributed by atoms with Gasteiger partial charge in [-0.25, -0.2) is 4.39 Å². The number of benzene rings is 2. The topological polar surface area (TPSA) is 30.5 Å². The molecule has 2 atom stereocenters. The Hall–Kier alpha value is -2.23. The zero-order chi connectivity index (χ0) is 14.4. The van der Waals surface area contributed by atoms with Crippen molar-refractivity contribution in [2.45, 2.75) is 25.0 Å². The van der Waals surface area contributed by atoms with E-state index in [1.807, 2.05) is 12.1 Å². The van der Waals surface area contributed by atoms with Crippen LogP contribution in [-0.2, 0) is 6.42 Å². The molecule has 0 spiro atoms. The summed E-state index contributed by atoms with van der Waals surface area (Å²) in [5.41, 5.74) is 3.27. The molecule has 4 heteroatoms. The summed E-state index contributed by atoms with van der Waals surface area (Å²) in [4.78, 5) is 0. The molecule has 1 aliphatic carbocycles. The van der Waals surface area contributed by atoms with Crippen LogP contribution < -0.4 is 14.8 Å².